The molecule has 2 bridgehead atoms. The van der Waals surface area contributed by atoms with Gasteiger partial charge in [0.2, 0.25) is 0 Å². The number of nitrogens with zero attached hydrogens (tertiary/aromatic N) is 1. The highest BCUT2D eigenvalue weighted by molar-refractivity contribution is 5.09. The number of rotatable bonds is 0. The lowest BCUT2D eigenvalue weighted by Gasteiger charge is -2.44. The quantitative estimate of drug-likeness (QED) is 0.653. The first-order chi connectivity index (χ1) is 14.8. The summed E-state index contributed by atoms with van der Waals surface area (Å²) in [5.74, 6) is 1.68. The monoisotopic (exact) mass is 418 g/mol. The average molecular weight is 419 g/mol. The minimum Gasteiger partial charge on any atom is -0.378 e. The van der Waals surface area contributed by atoms with Gasteiger partial charge in [-0.25, -0.2) is 0 Å². The van der Waals surface area contributed by atoms with Crippen molar-refractivity contribution in [3.63, 3.8) is 0 Å². The third-order valence-corrected chi connectivity index (χ3v) is 9.67. The van der Waals surface area contributed by atoms with Crippen LogP contribution in [0.3, 0.4) is 0 Å². The van der Waals surface area contributed by atoms with E-state index in [1.54, 1.807) is 0 Å². The van der Waals surface area contributed by atoms with Gasteiger partial charge >= 0.3 is 0 Å². The van der Waals surface area contributed by atoms with Gasteiger partial charge in [0.1, 0.15) is 0 Å². The fourth-order valence-corrected chi connectivity index (χ4v) is 7.54. The van der Waals surface area contributed by atoms with E-state index in [2.05, 4.69) is 10.2 Å². The summed E-state index contributed by atoms with van der Waals surface area (Å²) in [7, 11) is 0. The van der Waals surface area contributed by atoms with Crippen molar-refractivity contribution in [2.75, 3.05) is 46.1 Å². The molecule has 3 saturated carbocycles. The van der Waals surface area contributed by atoms with Gasteiger partial charge in [0.05, 0.1) is 50.2 Å². The summed E-state index contributed by atoms with van der Waals surface area (Å²) in [6.45, 7) is 6.89. The second-order valence-electron chi connectivity index (χ2n) is 11.5. The number of nitrogens with one attached hydrogen (secondary N) is 1. The molecular weight excluding hydrogens is 376 g/mol. The van der Waals surface area contributed by atoms with Crippen molar-refractivity contribution < 1.29 is 14.2 Å². The molecule has 0 aromatic heterocycles. The predicted molar refractivity (Wildman–Crippen MR) is 117 cm³/mol. The van der Waals surface area contributed by atoms with Crippen LogP contribution in [0.15, 0.2) is 0 Å². The Bertz CT molecular complexity index is 595. The highest BCUT2D eigenvalue weighted by Crippen LogP contribution is 2.50. The summed E-state index contributed by atoms with van der Waals surface area (Å²) in [6.07, 6.45) is 15.6. The molecule has 170 valence electrons. The van der Waals surface area contributed by atoms with Crippen molar-refractivity contribution in [3.05, 3.63) is 0 Å². The molecule has 7 aliphatic rings. The molecular formula is C25H42N2O3. The Kier molecular flexibility index (Phi) is 5.64. The van der Waals surface area contributed by atoms with Crippen molar-refractivity contribution in [2.24, 2.45) is 17.3 Å². The van der Waals surface area contributed by atoms with Crippen LogP contribution in [0.5, 0.6) is 0 Å². The van der Waals surface area contributed by atoms with E-state index >= 15 is 0 Å². The van der Waals surface area contributed by atoms with E-state index < -0.39 is 0 Å². The predicted octanol–water partition coefficient (Wildman–Crippen LogP) is 3.36. The van der Waals surface area contributed by atoms with Crippen molar-refractivity contribution in [2.45, 2.75) is 94.4 Å². The zero-order valence-electron chi connectivity index (χ0n) is 18.8. The normalized spacial score (nSPS) is 47.0. The van der Waals surface area contributed by atoms with Crippen molar-refractivity contribution in [1.82, 2.24) is 10.2 Å². The second-order valence-corrected chi connectivity index (χ2v) is 11.5. The van der Waals surface area contributed by atoms with Gasteiger partial charge in [0.25, 0.3) is 0 Å². The Balaban J connectivity index is 1.23. The van der Waals surface area contributed by atoms with Crippen LogP contribution in [0.25, 0.3) is 0 Å². The van der Waals surface area contributed by atoms with E-state index in [-0.39, 0.29) is 5.54 Å². The molecule has 3 aliphatic carbocycles. The smallest absolute Gasteiger partial charge is 0.0665 e. The lowest BCUT2D eigenvalue weighted by atomic mass is 9.71. The molecule has 7 rings (SSSR count). The van der Waals surface area contributed by atoms with Gasteiger partial charge < -0.3 is 19.5 Å². The standard InChI is InChI=1S/C25H42N2O3/c1-2-4-22-21(3-1)19-5-7-20(8-6-19)29-15-23-25(18-28-14-12-26-25)11-13-27(23)16-24(9-10-24)17-30-22/h19-23,26H,1-18H2/t19?,20?,21?,22?,23-,25+/m0/s1. The number of ether oxygens (including phenoxy) is 3. The van der Waals surface area contributed by atoms with Gasteiger partial charge in [-0.1, -0.05) is 12.8 Å². The summed E-state index contributed by atoms with van der Waals surface area (Å²) in [5, 5.41) is 3.88. The highest BCUT2D eigenvalue weighted by Gasteiger charge is 2.53. The van der Waals surface area contributed by atoms with Crippen LogP contribution in [0.4, 0.5) is 0 Å². The molecule has 30 heavy (non-hydrogen) atoms. The van der Waals surface area contributed by atoms with Gasteiger partial charge in [0, 0.05) is 25.0 Å². The molecule has 4 heterocycles. The summed E-state index contributed by atoms with van der Waals surface area (Å²) >= 11 is 0. The van der Waals surface area contributed by atoms with E-state index in [4.69, 9.17) is 14.2 Å². The molecule has 7 fully saturated rings. The van der Waals surface area contributed by atoms with E-state index in [1.807, 2.05) is 0 Å². The lowest BCUT2D eigenvalue weighted by molar-refractivity contribution is -0.0871. The van der Waals surface area contributed by atoms with Crippen LogP contribution < -0.4 is 5.32 Å². The molecule has 4 saturated heterocycles. The SMILES string of the molecule is C1CCC2C3CCC(CC3)OC[C@@H]3N(CC[C@@]34COCCN4)CC3(CC3)COC2C1. The zero-order chi connectivity index (χ0) is 20.0. The first-order valence-corrected chi connectivity index (χ1v) is 13.1. The maximum Gasteiger partial charge on any atom is 0.0665 e. The molecule has 4 aliphatic heterocycles. The molecule has 2 spiro atoms. The fourth-order valence-electron chi connectivity index (χ4n) is 7.54. The molecule has 2 unspecified atom stereocenters. The first kappa shape index (κ1) is 20.4. The summed E-state index contributed by atoms with van der Waals surface area (Å²) in [5.41, 5.74) is 0.502. The third kappa shape index (κ3) is 3.87. The Labute approximate surface area is 182 Å². The van der Waals surface area contributed by atoms with Gasteiger partial charge in [-0.2, -0.15) is 0 Å². The molecule has 5 nitrogen and oxygen atoms in total. The zero-order valence-corrected chi connectivity index (χ0v) is 18.8. The summed E-state index contributed by atoms with van der Waals surface area (Å²) < 4.78 is 19.5. The minimum absolute atomic E-state index is 0.0952. The number of hydrogen-bond donors (Lipinski definition) is 1. The van der Waals surface area contributed by atoms with Crippen LogP contribution in [0.2, 0.25) is 0 Å². The first-order valence-electron chi connectivity index (χ1n) is 13.1. The van der Waals surface area contributed by atoms with Crippen molar-refractivity contribution in [3.8, 4) is 0 Å². The molecule has 0 aromatic carbocycles. The van der Waals surface area contributed by atoms with E-state index in [9.17, 15) is 0 Å². The molecule has 0 amide bonds. The van der Waals surface area contributed by atoms with Crippen LogP contribution in [-0.4, -0.2) is 74.8 Å². The number of hydrogen-bond acceptors (Lipinski definition) is 5. The van der Waals surface area contributed by atoms with Gasteiger partial charge in [-0.3, -0.25) is 4.90 Å². The maximum absolute atomic E-state index is 6.81. The fraction of sp³-hybridized carbons (Fsp3) is 1.00. The lowest BCUT2D eigenvalue weighted by Crippen LogP contribution is -2.63. The Morgan fingerprint density at radius 3 is 2.53 bits per heavy atom. The summed E-state index contributed by atoms with van der Waals surface area (Å²) in [4.78, 5) is 2.76. The minimum atomic E-state index is 0.0952. The van der Waals surface area contributed by atoms with Crippen molar-refractivity contribution in [1.29, 1.82) is 0 Å². The second kappa shape index (κ2) is 8.30. The summed E-state index contributed by atoms with van der Waals surface area (Å²) in [6, 6.07) is 0.443. The molecule has 1 N–H and O–H groups in total. The number of fused-ring (bicyclic) bond motifs is 4. The molecule has 0 radical (unpaired) electrons. The van der Waals surface area contributed by atoms with E-state index in [1.165, 1.54) is 83.7 Å². The van der Waals surface area contributed by atoms with Gasteiger partial charge in [-0.15, -0.1) is 0 Å². The van der Waals surface area contributed by atoms with Crippen LogP contribution in [0.1, 0.15) is 70.6 Å². The Hall–Kier alpha value is -0.200. The average Bonchev–Trinajstić information content (AvgIpc) is 3.49. The van der Waals surface area contributed by atoms with E-state index in [0.29, 0.717) is 23.7 Å². The third-order valence-electron chi connectivity index (χ3n) is 9.67. The maximum atomic E-state index is 6.81. The largest absolute Gasteiger partial charge is 0.378 e. The molecule has 0 aromatic rings. The number of morpholine rings is 1. The van der Waals surface area contributed by atoms with Crippen molar-refractivity contribution >= 4 is 0 Å². The van der Waals surface area contributed by atoms with Gasteiger partial charge in [-0.05, 0) is 69.6 Å². The van der Waals surface area contributed by atoms with Crippen LogP contribution in [0, 0.1) is 17.3 Å². The Morgan fingerprint density at radius 1 is 0.867 bits per heavy atom. The van der Waals surface area contributed by atoms with Crippen LogP contribution in [-0.2, 0) is 14.2 Å². The van der Waals surface area contributed by atoms with Gasteiger partial charge in [0.15, 0.2) is 0 Å². The topological polar surface area (TPSA) is 43.0 Å². The van der Waals surface area contributed by atoms with E-state index in [0.717, 1.165) is 44.8 Å². The molecule has 4 atom stereocenters. The Morgan fingerprint density at radius 2 is 1.73 bits per heavy atom. The van der Waals surface area contributed by atoms with Crippen LogP contribution >= 0.6 is 0 Å². The highest BCUT2D eigenvalue weighted by atomic mass is 16.5. The molecule has 5 heteroatoms.